The van der Waals surface area contributed by atoms with Gasteiger partial charge in [0.15, 0.2) is 0 Å². The van der Waals surface area contributed by atoms with Crippen molar-refractivity contribution in [1.29, 1.82) is 0 Å². The van der Waals surface area contributed by atoms with Crippen LogP contribution < -0.4 is 5.32 Å². The minimum absolute atomic E-state index is 0.0752. The first-order valence-electron chi connectivity index (χ1n) is 8.01. The van der Waals surface area contributed by atoms with Crippen molar-refractivity contribution in [2.75, 3.05) is 5.32 Å². The van der Waals surface area contributed by atoms with Gasteiger partial charge in [0.1, 0.15) is 11.0 Å². The molecule has 130 valence electrons. The number of carbonyl (C=O) groups is 1. The van der Waals surface area contributed by atoms with Crippen LogP contribution in [0, 0.1) is 13.8 Å². The third-order valence-corrected chi connectivity index (χ3v) is 4.60. The zero-order valence-electron chi connectivity index (χ0n) is 14.2. The monoisotopic (exact) mass is 365 g/mol. The molecule has 26 heavy (non-hydrogen) atoms. The maximum atomic E-state index is 12.4. The summed E-state index contributed by atoms with van der Waals surface area (Å²) in [5, 5.41) is 10.5. The van der Waals surface area contributed by atoms with Crippen molar-refractivity contribution in [3.63, 3.8) is 0 Å². The van der Waals surface area contributed by atoms with E-state index in [1.165, 1.54) is 11.1 Å². The quantitative estimate of drug-likeness (QED) is 0.594. The molecule has 0 saturated heterocycles. The van der Waals surface area contributed by atoms with Gasteiger partial charge in [-0.25, -0.2) is 0 Å². The first-order valence-corrected chi connectivity index (χ1v) is 8.74. The number of rotatable bonds is 4. The lowest BCUT2D eigenvalue weighted by Crippen LogP contribution is -2.12. The van der Waals surface area contributed by atoms with E-state index in [1.54, 1.807) is 18.2 Å². The van der Waals surface area contributed by atoms with Crippen molar-refractivity contribution in [2.24, 2.45) is 0 Å². The Balaban J connectivity index is 1.48. The molecule has 0 saturated carbocycles. The lowest BCUT2D eigenvalue weighted by atomic mass is 10.0. The van der Waals surface area contributed by atoms with Gasteiger partial charge in [0.2, 0.25) is 5.89 Å². The van der Waals surface area contributed by atoms with Crippen molar-refractivity contribution in [2.45, 2.75) is 20.3 Å². The van der Waals surface area contributed by atoms with E-state index in [2.05, 4.69) is 37.3 Å². The molecule has 4 aromatic rings. The highest BCUT2D eigenvalue weighted by Gasteiger charge is 2.14. The summed E-state index contributed by atoms with van der Waals surface area (Å²) in [5.41, 5.74) is 5.39. The molecule has 2 aromatic heterocycles. The molecule has 1 amide bonds. The summed E-state index contributed by atoms with van der Waals surface area (Å²) >= 11 is 1.11. The maximum absolute atomic E-state index is 12.4. The molecular formula is C18H15N5O2S. The van der Waals surface area contributed by atoms with Gasteiger partial charge in [-0.05, 0) is 43.2 Å². The van der Waals surface area contributed by atoms with Crippen LogP contribution in [0.25, 0.3) is 11.0 Å². The standard InChI is InChI=1S/C18H15N5O2S/c1-10-3-4-12(11(2)7-10)9-16-20-21-18(25-16)19-17(24)13-5-6-14-15(8-13)23-26-22-14/h3-8H,9H2,1-2H3,(H,19,21,24). The summed E-state index contributed by atoms with van der Waals surface area (Å²) in [6, 6.07) is 11.4. The molecule has 7 nitrogen and oxygen atoms in total. The van der Waals surface area contributed by atoms with Gasteiger partial charge < -0.3 is 4.42 Å². The molecule has 0 aliphatic carbocycles. The number of nitrogens with zero attached hydrogens (tertiary/aromatic N) is 4. The lowest BCUT2D eigenvalue weighted by molar-refractivity contribution is 0.102. The zero-order chi connectivity index (χ0) is 18.1. The molecule has 2 heterocycles. The zero-order valence-corrected chi connectivity index (χ0v) is 15.0. The molecule has 0 atom stereocenters. The molecular weight excluding hydrogens is 350 g/mol. The van der Waals surface area contributed by atoms with Crippen LogP contribution in [0.2, 0.25) is 0 Å². The van der Waals surface area contributed by atoms with Gasteiger partial charge in [-0.2, -0.15) is 8.75 Å². The predicted octanol–water partition coefficient (Wildman–Crippen LogP) is 3.53. The Morgan fingerprint density at radius 2 is 1.92 bits per heavy atom. The van der Waals surface area contributed by atoms with Crippen LogP contribution in [0.1, 0.15) is 32.9 Å². The van der Waals surface area contributed by atoms with Gasteiger partial charge in [-0.3, -0.25) is 10.1 Å². The molecule has 4 rings (SSSR count). The van der Waals surface area contributed by atoms with Crippen LogP contribution >= 0.6 is 11.7 Å². The minimum atomic E-state index is -0.332. The number of benzene rings is 2. The topological polar surface area (TPSA) is 93.8 Å². The number of fused-ring (bicyclic) bond motifs is 1. The van der Waals surface area contributed by atoms with E-state index in [9.17, 15) is 4.79 Å². The van der Waals surface area contributed by atoms with E-state index in [4.69, 9.17) is 4.42 Å². The van der Waals surface area contributed by atoms with E-state index in [0.717, 1.165) is 22.8 Å². The van der Waals surface area contributed by atoms with Crippen LogP contribution in [0.3, 0.4) is 0 Å². The molecule has 0 aliphatic heterocycles. The second-order valence-corrected chi connectivity index (χ2v) is 6.56. The Hall–Kier alpha value is -3.13. The number of anilines is 1. The van der Waals surface area contributed by atoms with E-state index in [0.29, 0.717) is 23.4 Å². The molecule has 1 N–H and O–H groups in total. The first-order chi connectivity index (χ1) is 12.6. The molecule has 0 unspecified atom stereocenters. The second kappa shape index (κ2) is 6.64. The van der Waals surface area contributed by atoms with Crippen molar-refractivity contribution in [3.8, 4) is 0 Å². The fourth-order valence-corrected chi connectivity index (χ4v) is 3.19. The van der Waals surface area contributed by atoms with E-state index in [1.807, 2.05) is 19.1 Å². The number of aryl methyl sites for hydroxylation is 2. The Labute approximate surface area is 153 Å². The smallest absolute Gasteiger partial charge is 0.322 e. The van der Waals surface area contributed by atoms with Crippen LogP contribution in [0.15, 0.2) is 40.8 Å². The molecule has 0 bridgehead atoms. The molecule has 8 heteroatoms. The average Bonchev–Trinajstić information content (AvgIpc) is 3.25. The number of hydrogen-bond donors (Lipinski definition) is 1. The van der Waals surface area contributed by atoms with E-state index < -0.39 is 0 Å². The summed E-state index contributed by atoms with van der Waals surface area (Å²) in [6.45, 7) is 4.10. The molecule has 0 spiro atoms. The van der Waals surface area contributed by atoms with Crippen LogP contribution in [-0.2, 0) is 6.42 Å². The molecule has 0 fully saturated rings. The average molecular weight is 365 g/mol. The van der Waals surface area contributed by atoms with Crippen LogP contribution in [-0.4, -0.2) is 24.9 Å². The molecule has 2 aromatic carbocycles. The minimum Gasteiger partial charge on any atom is -0.407 e. The summed E-state index contributed by atoms with van der Waals surface area (Å²) in [4.78, 5) is 12.4. The van der Waals surface area contributed by atoms with Crippen molar-refractivity contribution in [1.82, 2.24) is 18.9 Å². The highest BCUT2D eigenvalue weighted by molar-refractivity contribution is 7.00. The lowest BCUT2D eigenvalue weighted by Gasteiger charge is -2.04. The number of carbonyl (C=O) groups excluding carboxylic acids is 1. The molecule has 0 radical (unpaired) electrons. The third-order valence-electron chi connectivity index (χ3n) is 4.04. The number of amides is 1. The summed E-state index contributed by atoms with van der Waals surface area (Å²) in [6.07, 6.45) is 0.519. The summed E-state index contributed by atoms with van der Waals surface area (Å²) in [5.74, 6) is 0.119. The highest BCUT2D eigenvalue weighted by atomic mass is 32.1. The highest BCUT2D eigenvalue weighted by Crippen LogP contribution is 2.18. The van der Waals surface area contributed by atoms with Gasteiger partial charge in [-0.1, -0.05) is 28.9 Å². The fourth-order valence-electron chi connectivity index (χ4n) is 2.68. The second-order valence-electron chi connectivity index (χ2n) is 6.03. The van der Waals surface area contributed by atoms with Gasteiger partial charge in [0.25, 0.3) is 5.91 Å². The van der Waals surface area contributed by atoms with E-state index in [-0.39, 0.29) is 11.9 Å². The Bertz CT molecular complexity index is 1100. The Kier molecular flexibility index (Phi) is 4.18. The fraction of sp³-hybridized carbons (Fsp3) is 0.167. The number of nitrogens with one attached hydrogen (secondary N) is 1. The number of aromatic nitrogens is 4. The largest absolute Gasteiger partial charge is 0.407 e. The van der Waals surface area contributed by atoms with Gasteiger partial charge >= 0.3 is 6.01 Å². The van der Waals surface area contributed by atoms with Crippen LogP contribution in [0.5, 0.6) is 0 Å². The predicted molar refractivity (Wildman–Crippen MR) is 98.4 cm³/mol. The summed E-state index contributed by atoms with van der Waals surface area (Å²) in [7, 11) is 0. The Morgan fingerprint density at radius 1 is 1.08 bits per heavy atom. The Morgan fingerprint density at radius 3 is 2.77 bits per heavy atom. The number of hydrogen-bond acceptors (Lipinski definition) is 7. The van der Waals surface area contributed by atoms with Gasteiger partial charge in [0.05, 0.1) is 18.1 Å². The molecule has 0 aliphatic rings. The first kappa shape index (κ1) is 16.3. The van der Waals surface area contributed by atoms with Crippen LogP contribution in [0.4, 0.5) is 6.01 Å². The van der Waals surface area contributed by atoms with Crippen molar-refractivity contribution >= 4 is 34.7 Å². The SMILES string of the molecule is Cc1ccc(Cc2nnc(NC(=O)c3ccc4nsnc4c3)o2)c(C)c1. The normalized spacial score (nSPS) is 11.0. The van der Waals surface area contributed by atoms with Gasteiger partial charge in [-0.15, -0.1) is 5.10 Å². The van der Waals surface area contributed by atoms with Crippen molar-refractivity contribution < 1.29 is 9.21 Å². The third kappa shape index (κ3) is 3.31. The maximum Gasteiger partial charge on any atom is 0.322 e. The summed E-state index contributed by atoms with van der Waals surface area (Å²) < 4.78 is 13.8. The van der Waals surface area contributed by atoms with E-state index >= 15 is 0 Å². The van der Waals surface area contributed by atoms with Gasteiger partial charge in [0, 0.05) is 5.56 Å². The van der Waals surface area contributed by atoms with Crippen molar-refractivity contribution in [3.05, 3.63) is 64.5 Å².